The van der Waals surface area contributed by atoms with Crippen molar-refractivity contribution in [3.8, 4) is 0 Å². The van der Waals surface area contributed by atoms with Crippen molar-refractivity contribution in [2.45, 2.75) is 11.8 Å². The number of hydrogen-bond donors (Lipinski definition) is 1. The molecule has 0 spiro atoms. The molecule has 1 fully saturated rings. The van der Waals surface area contributed by atoms with Crippen LogP contribution in [0, 0.1) is 0 Å². The maximum Gasteiger partial charge on any atom is 0.289 e. The van der Waals surface area contributed by atoms with Crippen LogP contribution in [0.25, 0.3) is 0 Å². The monoisotopic (exact) mass is 393 g/mol. The predicted molar refractivity (Wildman–Crippen MR) is 102 cm³/mol. The number of nitrogens with zero attached hydrogens (tertiary/aromatic N) is 2. The fraction of sp³-hybridized carbons (Fsp3) is 0.278. The van der Waals surface area contributed by atoms with Crippen molar-refractivity contribution in [3.05, 3.63) is 60.7 Å². The van der Waals surface area contributed by atoms with Crippen LogP contribution in [0.5, 0.6) is 0 Å². The van der Waals surface area contributed by atoms with Gasteiger partial charge < -0.3 is 20.1 Å². The van der Waals surface area contributed by atoms with Crippen LogP contribution in [0.2, 0.25) is 0 Å². The van der Waals surface area contributed by atoms with Crippen molar-refractivity contribution in [3.63, 3.8) is 0 Å². The van der Waals surface area contributed by atoms with E-state index < -0.39 is 10.0 Å². The lowest BCUT2D eigenvalue weighted by molar-refractivity contribution is 0.0666. The number of sulfonamides is 1. The highest BCUT2D eigenvalue weighted by atomic mass is 32.2. The lowest BCUT2D eigenvalue weighted by atomic mass is 10.3. The van der Waals surface area contributed by atoms with Crippen LogP contribution in [-0.4, -0.2) is 55.2 Å². The number of piperazine rings is 1. The van der Waals surface area contributed by atoms with E-state index in [2.05, 4.69) is 11.9 Å². The lowest BCUT2D eigenvalue weighted by Gasteiger charge is -2.33. The average molecular weight is 393 g/mol. The van der Waals surface area contributed by atoms with Gasteiger partial charge in [-0.3, -0.25) is 4.79 Å². The molecule has 1 aliphatic rings. The highest BCUT2D eigenvalue weighted by molar-refractivity contribution is 7.89. The van der Waals surface area contributed by atoms with Gasteiger partial charge in [0.05, 0.1) is 11.2 Å². The number of amides is 1. The van der Waals surface area contributed by atoms with E-state index in [4.69, 9.17) is 4.42 Å². The number of benzene rings is 1. The van der Waals surface area contributed by atoms with Gasteiger partial charge in [0.1, 0.15) is 0 Å². The van der Waals surface area contributed by atoms with E-state index in [1.54, 1.807) is 41.3 Å². The van der Waals surface area contributed by atoms with Crippen molar-refractivity contribution in [2.24, 2.45) is 0 Å². The first-order valence-electron chi connectivity index (χ1n) is 8.23. The molecule has 2 heterocycles. The number of furan rings is 1. The van der Waals surface area contributed by atoms with Crippen LogP contribution < -0.4 is 5.32 Å². The van der Waals surface area contributed by atoms with E-state index in [1.165, 1.54) is 10.6 Å². The number of allylic oxidation sites excluding steroid dienone is 1. The first-order chi connectivity index (χ1) is 12.4. The minimum atomic E-state index is -3.59. The standard InChI is InChI=1S/C18H21N3O4S.H2O/c1-14(2)19-15-5-7-16(8-6-15)26(23,24)21-11-9-20(10-12-21)18(22)17-4-3-13-25-17;/h3-8,13,19H,1,9-12H2,2H3;1H2. The number of hydrogen-bond acceptors (Lipinski definition) is 5. The second kappa shape index (κ2) is 8.38. The van der Waals surface area contributed by atoms with Crippen LogP contribution in [0.4, 0.5) is 5.69 Å². The van der Waals surface area contributed by atoms with Crippen molar-refractivity contribution in [1.29, 1.82) is 0 Å². The van der Waals surface area contributed by atoms with Crippen LogP contribution in [0.3, 0.4) is 0 Å². The Kier molecular flexibility index (Phi) is 6.42. The summed E-state index contributed by atoms with van der Waals surface area (Å²) in [5.41, 5.74) is 1.56. The van der Waals surface area contributed by atoms with Crippen LogP contribution >= 0.6 is 0 Å². The zero-order chi connectivity index (χ0) is 18.7. The molecule has 2 aromatic rings. The van der Waals surface area contributed by atoms with Crippen LogP contribution in [0.15, 0.2) is 64.2 Å². The smallest absolute Gasteiger partial charge is 0.289 e. The van der Waals surface area contributed by atoms with Crippen molar-refractivity contribution >= 4 is 21.6 Å². The van der Waals surface area contributed by atoms with Crippen molar-refractivity contribution in [1.82, 2.24) is 9.21 Å². The molecule has 1 amide bonds. The molecule has 3 N–H and O–H groups in total. The Morgan fingerprint density at radius 2 is 1.74 bits per heavy atom. The summed E-state index contributed by atoms with van der Waals surface area (Å²) < 4.78 is 32.1. The highest BCUT2D eigenvalue weighted by Crippen LogP contribution is 2.21. The summed E-state index contributed by atoms with van der Waals surface area (Å²) in [6.07, 6.45) is 1.44. The quantitative estimate of drug-likeness (QED) is 0.828. The number of rotatable bonds is 5. The molecule has 1 aromatic heterocycles. The molecule has 1 aromatic carbocycles. The SMILES string of the molecule is C=C(C)Nc1ccc(S(=O)(=O)N2CCN(C(=O)c3ccco3)CC2)cc1.O. The summed E-state index contributed by atoms with van der Waals surface area (Å²) in [6.45, 7) is 6.74. The first kappa shape index (κ1) is 20.7. The molecule has 8 nitrogen and oxygen atoms in total. The van der Waals surface area contributed by atoms with E-state index in [1.807, 2.05) is 6.92 Å². The summed E-state index contributed by atoms with van der Waals surface area (Å²) in [4.78, 5) is 14.1. The van der Waals surface area contributed by atoms with Gasteiger partial charge in [0, 0.05) is 37.6 Å². The Bertz CT molecular complexity index is 884. The summed E-state index contributed by atoms with van der Waals surface area (Å²) in [5.74, 6) is 0.0455. The summed E-state index contributed by atoms with van der Waals surface area (Å²) in [5, 5.41) is 3.04. The molecule has 3 rings (SSSR count). The molecule has 0 radical (unpaired) electrons. The second-order valence-electron chi connectivity index (χ2n) is 6.10. The maximum atomic E-state index is 12.8. The Morgan fingerprint density at radius 1 is 1.11 bits per heavy atom. The van der Waals surface area contributed by atoms with Gasteiger partial charge in [-0.05, 0) is 43.3 Å². The number of carbonyl (C=O) groups is 1. The summed E-state index contributed by atoms with van der Waals surface area (Å²) in [6, 6.07) is 9.81. The largest absolute Gasteiger partial charge is 0.459 e. The number of nitrogens with one attached hydrogen (secondary N) is 1. The summed E-state index contributed by atoms with van der Waals surface area (Å²) in [7, 11) is -3.59. The zero-order valence-corrected chi connectivity index (χ0v) is 15.8. The molecule has 1 saturated heterocycles. The van der Waals surface area contributed by atoms with E-state index in [0.717, 1.165) is 11.4 Å². The molecule has 27 heavy (non-hydrogen) atoms. The fourth-order valence-electron chi connectivity index (χ4n) is 2.79. The lowest BCUT2D eigenvalue weighted by Crippen LogP contribution is -2.50. The Labute approximate surface area is 158 Å². The normalized spacial score (nSPS) is 15.1. The third kappa shape index (κ3) is 4.57. The minimum Gasteiger partial charge on any atom is -0.459 e. The molecule has 0 saturated carbocycles. The third-order valence-electron chi connectivity index (χ3n) is 4.11. The van der Waals surface area contributed by atoms with Crippen LogP contribution in [-0.2, 0) is 10.0 Å². The molecular weight excluding hydrogens is 370 g/mol. The molecule has 1 aliphatic heterocycles. The second-order valence-corrected chi connectivity index (χ2v) is 8.04. The summed E-state index contributed by atoms with van der Waals surface area (Å²) >= 11 is 0. The molecule has 0 aliphatic carbocycles. The fourth-order valence-corrected chi connectivity index (χ4v) is 4.22. The van der Waals surface area contributed by atoms with Gasteiger partial charge in [-0.15, -0.1) is 0 Å². The molecule has 0 bridgehead atoms. The van der Waals surface area contributed by atoms with Gasteiger partial charge in [0.25, 0.3) is 5.91 Å². The van der Waals surface area contributed by atoms with E-state index in [-0.39, 0.29) is 35.1 Å². The van der Waals surface area contributed by atoms with Crippen LogP contribution in [0.1, 0.15) is 17.5 Å². The van der Waals surface area contributed by atoms with Crippen molar-refractivity contribution < 1.29 is 23.1 Å². The minimum absolute atomic E-state index is 0. The predicted octanol–water partition coefficient (Wildman–Crippen LogP) is 1.55. The molecule has 0 atom stereocenters. The molecular formula is C18H23N3O5S. The van der Waals surface area contributed by atoms with E-state index >= 15 is 0 Å². The maximum absolute atomic E-state index is 12.8. The topological polar surface area (TPSA) is 114 Å². The van der Waals surface area contributed by atoms with Gasteiger partial charge >= 0.3 is 0 Å². The van der Waals surface area contributed by atoms with Gasteiger partial charge in [0.15, 0.2) is 5.76 Å². The number of anilines is 1. The molecule has 9 heteroatoms. The highest BCUT2D eigenvalue weighted by Gasteiger charge is 2.31. The Balaban J connectivity index is 0.00000261. The zero-order valence-electron chi connectivity index (χ0n) is 15.0. The first-order valence-corrected chi connectivity index (χ1v) is 9.67. The van der Waals surface area contributed by atoms with E-state index in [9.17, 15) is 13.2 Å². The number of carbonyl (C=O) groups excluding carboxylic acids is 1. The van der Waals surface area contributed by atoms with Gasteiger partial charge in [-0.1, -0.05) is 6.58 Å². The molecule has 146 valence electrons. The third-order valence-corrected chi connectivity index (χ3v) is 6.02. The Morgan fingerprint density at radius 3 is 2.26 bits per heavy atom. The van der Waals surface area contributed by atoms with Gasteiger partial charge in [-0.2, -0.15) is 4.31 Å². The average Bonchev–Trinajstić information content (AvgIpc) is 3.16. The van der Waals surface area contributed by atoms with E-state index in [0.29, 0.717) is 13.1 Å². The van der Waals surface area contributed by atoms with Gasteiger partial charge in [0.2, 0.25) is 10.0 Å². The van der Waals surface area contributed by atoms with Gasteiger partial charge in [-0.25, -0.2) is 8.42 Å². The Hall–Kier alpha value is -2.62. The van der Waals surface area contributed by atoms with Crippen molar-refractivity contribution in [2.75, 3.05) is 31.5 Å². The molecule has 0 unspecified atom stereocenters.